The molecule has 1 saturated carbocycles. The summed E-state index contributed by atoms with van der Waals surface area (Å²) in [4.78, 5) is 4.61. The van der Waals surface area contributed by atoms with E-state index in [1.165, 1.54) is 24.0 Å². The average molecular weight is 445 g/mol. The second kappa shape index (κ2) is 10.2. The topological polar surface area (TPSA) is 59.6 Å². The van der Waals surface area contributed by atoms with Crippen LogP contribution in [0.3, 0.4) is 0 Å². The lowest BCUT2D eigenvalue weighted by Crippen LogP contribution is -2.25. The molecule has 136 valence electrons. The Morgan fingerprint density at radius 3 is 2.33 bits per heavy atom. The third-order valence-corrected chi connectivity index (χ3v) is 4.77. The van der Waals surface area contributed by atoms with E-state index in [9.17, 15) is 0 Å². The molecule has 24 heavy (non-hydrogen) atoms. The summed E-state index contributed by atoms with van der Waals surface area (Å²) in [7, 11) is 0. The molecule has 0 radical (unpaired) electrons. The lowest BCUT2D eigenvalue weighted by Gasteiger charge is -2.16. The number of nitrogens with one attached hydrogen (secondary N) is 1. The lowest BCUT2D eigenvalue weighted by molar-refractivity contribution is 0.129. The lowest BCUT2D eigenvalue weighted by atomic mass is 10.0. The molecule has 1 aliphatic carbocycles. The highest BCUT2D eigenvalue weighted by Gasteiger charge is 2.41. The van der Waals surface area contributed by atoms with E-state index >= 15 is 0 Å². The smallest absolute Gasteiger partial charge is 0.193 e. The fraction of sp³-hybridized carbons (Fsp3) is 0.632. The van der Waals surface area contributed by atoms with Gasteiger partial charge in [-0.25, -0.2) is 0 Å². The van der Waals surface area contributed by atoms with Gasteiger partial charge >= 0.3 is 0 Å². The number of anilines is 1. The van der Waals surface area contributed by atoms with Crippen molar-refractivity contribution >= 4 is 35.6 Å². The zero-order valence-electron chi connectivity index (χ0n) is 15.2. The van der Waals surface area contributed by atoms with Gasteiger partial charge in [0.1, 0.15) is 0 Å². The number of rotatable bonds is 9. The van der Waals surface area contributed by atoms with Gasteiger partial charge in [-0.05, 0) is 55.6 Å². The van der Waals surface area contributed by atoms with Gasteiger partial charge in [-0.3, -0.25) is 4.99 Å². The summed E-state index contributed by atoms with van der Waals surface area (Å²) in [5.41, 5.74) is 10.2. The molecule has 0 aromatic heterocycles. The third kappa shape index (κ3) is 5.92. The van der Waals surface area contributed by atoms with E-state index in [-0.39, 0.29) is 24.0 Å². The van der Waals surface area contributed by atoms with Gasteiger partial charge < -0.3 is 15.8 Å². The fourth-order valence-corrected chi connectivity index (χ4v) is 2.92. The van der Waals surface area contributed by atoms with Crippen LogP contribution in [0.5, 0.6) is 0 Å². The predicted octanol–water partition coefficient (Wildman–Crippen LogP) is 4.36. The number of nitrogens with two attached hydrogens (primary N) is 1. The molecular formula is C19H32IN3O. The van der Waals surface area contributed by atoms with Crippen molar-refractivity contribution in [2.75, 3.05) is 25.1 Å². The van der Waals surface area contributed by atoms with Crippen LogP contribution in [0.1, 0.15) is 51.2 Å². The standard InChI is InChI=1S/C19H31N3O.HI/c1-4-15-8-7-9-16(5-2)17(15)22-18(20)21-14-19(10-11-19)12-13-23-6-3;/h7-9H,4-6,10-14H2,1-3H3,(H3,20,21,22);1H. The minimum absolute atomic E-state index is 0. The minimum atomic E-state index is 0. The van der Waals surface area contributed by atoms with Crippen molar-refractivity contribution in [2.45, 2.75) is 52.9 Å². The van der Waals surface area contributed by atoms with E-state index in [1.807, 2.05) is 6.92 Å². The Morgan fingerprint density at radius 1 is 1.21 bits per heavy atom. The molecule has 0 spiro atoms. The van der Waals surface area contributed by atoms with Gasteiger partial charge in [0, 0.05) is 25.4 Å². The van der Waals surface area contributed by atoms with Crippen molar-refractivity contribution in [1.82, 2.24) is 0 Å². The average Bonchev–Trinajstić information content (AvgIpc) is 3.34. The van der Waals surface area contributed by atoms with Crippen LogP contribution in [-0.2, 0) is 17.6 Å². The van der Waals surface area contributed by atoms with Gasteiger partial charge in [-0.2, -0.15) is 0 Å². The number of halogens is 1. The number of ether oxygens (including phenoxy) is 1. The molecule has 1 aromatic carbocycles. The molecule has 0 aliphatic heterocycles. The largest absolute Gasteiger partial charge is 0.382 e. The Hall–Kier alpha value is -0.820. The SMILES string of the molecule is CCOCCC1(CN=C(N)Nc2c(CC)cccc2CC)CC1.I. The molecule has 0 heterocycles. The second-order valence-corrected chi connectivity index (χ2v) is 6.43. The fourth-order valence-electron chi connectivity index (χ4n) is 2.92. The van der Waals surface area contributed by atoms with Crippen molar-refractivity contribution in [3.8, 4) is 0 Å². The molecule has 1 aliphatic rings. The molecule has 0 amide bonds. The summed E-state index contributed by atoms with van der Waals surface area (Å²) < 4.78 is 5.48. The maximum absolute atomic E-state index is 6.15. The first-order valence-electron chi connectivity index (χ1n) is 8.89. The van der Waals surface area contributed by atoms with Crippen molar-refractivity contribution < 1.29 is 4.74 Å². The summed E-state index contributed by atoms with van der Waals surface area (Å²) >= 11 is 0. The second-order valence-electron chi connectivity index (χ2n) is 6.43. The number of hydrogen-bond acceptors (Lipinski definition) is 2. The predicted molar refractivity (Wildman–Crippen MR) is 114 cm³/mol. The summed E-state index contributed by atoms with van der Waals surface area (Å²) in [6.07, 6.45) is 5.54. The maximum atomic E-state index is 6.15. The monoisotopic (exact) mass is 445 g/mol. The first kappa shape index (κ1) is 21.2. The molecule has 0 unspecified atom stereocenters. The van der Waals surface area contributed by atoms with Crippen LogP contribution < -0.4 is 11.1 Å². The van der Waals surface area contributed by atoms with Gasteiger partial charge in [0.25, 0.3) is 0 Å². The van der Waals surface area contributed by atoms with Crippen LogP contribution in [0.15, 0.2) is 23.2 Å². The van der Waals surface area contributed by atoms with Crippen LogP contribution in [0.4, 0.5) is 5.69 Å². The van der Waals surface area contributed by atoms with Crippen LogP contribution in [0.25, 0.3) is 0 Å². The molecule has 4 nitrogen and oxygen atoms in total. The quantitative estimate of drug-likeness (QED) is 0.257. The highest BCUT2D eigenvalue weighted by molar-refractivity contribution is 14.0. The molecule has 1 aromatic rings. The van der Waals surface area contributed by atoms with E-state index in [4.69, 9.17) is 10.5 Å². The van der Waals surface area contributed by atoms with E-state index in [1.54, 1.807) is 0 Å². The van der Waals surface area contributed by atoms with Crippen LogP contribution in [0.2, 0.25) is 0 Å². The first-order valence-corrected chi connectivity index (χ1v) is 8.89. The molecule has 0 saturated heterocycles. The van der Waals surface area contributed by atoms with Crippen molar-refractivity contribution in [3.05, 3.63) is 29.3 Å². The molecular weight excluding hydrogens is 413 g/mol. The zero-order valence-corrected chi connectivity index (χ0v) is 17.6. The number of hydrogen-bond donors (Lipinski definition) is 2. The zero-order chi connectivity index (χ0) is 16.7. The third-order valence-electron chi connectivity index (χ3n) is 4.77. The minimum Gasteiger partial charge on any atom is -0.382 e. The normalized spacial score (nSPS) is 15.7. The van der Waals surface area contributed by atoms with Gasteiger partial charge in [0.2, 0.25) is 0 Å². The number of nitrogens with zero attached hydrogens (tertiary/aromatic N) is 1. The Morgan fingerprint density at radius 2 is 1.83 bits per heavy atom. The van der Waals surface area contributed by atoms with Gasteiger partial charge in [0.05, 0.1) is 0 Å². The van der Waals surface area contributed by atoms with Gasteiger partial charge in [0.15, 0.2) is 5.96 Å². The van der Waals surface area contributed by atoms with Crippen LogP contribution in [-0.4, -0.2) is 25.7 Å². The molecule has 0 atom stereocenters. The molecule has 1 fully saturated rings. The van der Waals surface area contributed by atoms with E-state index in [2.05, 4.69) is 42.4 Å². The van der Waals surface area contributed by atoms with E-state index < -0.39 is 0 Å². The van der Waals surface area contributed by atoms with Crippen molar-refractivity contribution in [2.24, 2.45) is 16.1 Å². The van der Waals surface area contributed by atoms with Crippen LogP contribution in [0, 0.1) is 5.41 Å². The Balaban J connectivity index is 0.00000288. The number of aryl methyl sites for hydroxylation is 2. The summed E-state index contributed by atoms with van der Waals surface area (Å²) in [5.74, 6) is 0.531. The number of benzene rings is 1. The molecule has 3 N–H and O–H groups in total. The van der Waals surface area contributed by atoms with Gasteiger partial charge in [-0.15, -0.1) is 24.0 Å². The van der Waals surface area contributed by atoms with E-state index in [0.717, 1.165) is 44.7 Å². The number of aliphatic imine (C=N–C) groups is 1. The van der Waals surface area contributed by atoms with Crippen LogP contribution >= 0.6 is 24.0 Å². The Bertz CT molecular complexity index is 519. The number of para-hydroxylation sites is 1. The number of guanidine groups is 1. The molecule has 5 heteroatoms. The summed E-state index contributed by atoms with van der Waals surface area (Å²) in [6, 6.07) is 6.42. The molecule has 2 rings (SSSR count). The Labute approximate surface area is 163 Å². The Kier molecular flexibility index (Phi) is 9.05. The highest BCUT2D eigenvalue weighted by atomic mass is 127. The first-order chi connectivity index (χ1) is 11.1. The van der Waals surface area contributed by atoms with Crippen molar-refractivity contribution in [1.29, 1.82) is 0 Å². The maximum Gasteiger partial charge on any atom is 0.193 e. The van der Waals surface area contributed by atoms with Gasteiger partial charge in [-0.1, -0.05) is 32.0 Å². The summed E-state index contributed by atoms with van der Waals surface area (Å²) in [6.45, 7) is 8.79. The molecule has 0 bridgehead atoms. The summed E-state index contributed by atoms with van der Waals surface area (Å²) in [5, 5.41) is 3.35. The highest BCUT2D eigenvalue weighted by Crippen LogP contribution is 2.49. The van der Waals surface area contributed by atoms with E-state index in [0.29, 0.717) is 11.4 Å². The van der Waals surface area contributed by atoms with Crippen molar-refractivity contribution in [3.63, 3.8) is 0 Å².